The average Bonchev–Trinajstić information content (AvgIpc) is 3.19. The summed E-state index contributed by atoms with van der Waals surface area (Å²) in [4.78, 5) is 3.50. The van der Waals surface area contributed by atoms with Gasteiger partial charge in [-0.05, 0) is 51.1 Å². The molecule has 126 valence electrons. The molecule has 0 saturated carbocycles. The zero-order valence-corrected chi connectivity index (χ0v) is 14.7. The first-order valence-corrected chi connectivity index (χ1v) is 9.32. The second-order valence-corrected chi connectivity index (χ2v) is 7.25. The molecule has 1 atom stereocenters. The number of hydrogen-bond acceptors (Lipinski definition) is 6. The minimum Gasteiger partial charge on any atom is -0.419 e. The van der Waals surface area contributed by atoms with Crippen LogP contribution in [-0.2, 0) is 11.3 Å². The molecular weight excluding hydrogens is 310 g/mol. The van der Waals surface area contributed by atoms with E-state index in [4.69, 9.17) is 9.15 Å². The van der Waals surface area contributed by atoms with Gasteiger partial charge in [-0.15, -0.1) is 21.5 Å². The van der Waals surface area contributed by atoms with Crippen molar-refractivity contribution in [2.45, 2.75) is 58.2 Å². The molecule has 0 aromatic carbocycles. The predicted octanol–water partition coefficient (Wildman–Crippen LogP) is 3.97. The molecule has 5 nitrogen and oxygen atoms in total. The van der Waals surface area contributed by atoms with Gasteiger partial charge in [-0.25, -0.2) is 0 Å². The summed E-state index contributed by atoms with van der Waals surface area (Å²) < 4.78 is 11.6. The highest BCUT2D eigenvalue weighted by atomic mass is 32.1. The van der Waals surface area contributed by atoms with Crippen molar-refractivity contribution in [1.82, 2.24) is 15.1 Å². The molecule has 1 fully saturated rings. The van der Waals surface area contributed by atoms with Crippen LogP contribution in [-0.4, -0.2) is 40.4 Å². The van der Waals surface area contributed by atoms with Gasteiger partial charge in [-0.3, -0.25) is 4.90 Å². The molecule has 0 aliphatic carbocycles. The van der Waals surface area contributed by atoms with Gasteiger partial charge in [0.05, 0.1) is 17.5 Å². The van der Waals surface area contributed by atoms with Crippen molar-refractivity contribution in [1.29, 1.82) is 0 Å². The highest BCUT2D eigenvalue weighted by Crippen LogP contribution is 2.25. The minimum atomic E-state index is 0.302. The van der Waals surface area contributed by atoms with Crippen LogP contribution in [0.25, 0.3) is 10.8 Å². The topological polar surface area (TPSA) is 51.4 Å². The standard InChI is InChI=1S/C17H25N3O2S/c1-13(2)21-10-8-14-6-3-4-9-20(14)12-16-18-19-17(22-16)15-7-5-11-23-15/h5,7,11,13-14H,3-4,6,8-10,12H2,1-2H3/t14-/m0/s1. The Kier molecular flexibility index (Phi) is 5.80. The van der Waals surface area contributed by atoms with E-state index in [0.29, 0.717) is 23.9 Å². The fourth-order valence-electron chi connectivity index (χ4n) is 3.03. The second-order valence-electron chi connectivity index (χ2n) is 6.31. The lowest BCUT2D eigenvalue weighted by molar-refractivity contribution is 0.0434. The highest BCUT2D eigenvalue weighted by molar-refractivity contribution is 7.13. The van der Waals surface area contributed by atoms with E-state index in [9.17, 15) is 0 Å². The van der Waals surface area contributed by atoms with Gasteiger partial charge in [0.25, 0.3) is 5.89 Å². The number of rotatable bonds is 7. The molecule has 1 aliphatic heterocycles. The van der Waals surface area contributed by atoms with Crippen LogP contribution < -0.4 is 0 Å². The van der Waals surface area contributed by atoms with Gasteiger partial charge < -0.3 is 9.15 Å². The van der Waals surface area contributed by atoms with E-state index in [1.165, 1.54) is 19.3 Å². The zero-order valence-electron chi connectivity index (χ0n) is 13.9. The Bertz CT molecular complexity index is 582. The lowest BCUT2D eigenvalue weighted by Gasteiger charge is -2.34. The lowest BCUT2D eigenvalue weighted by Crippen LogP contribution is -2.39. The van der Waals surface area contributed by atoms with Crippen molar-refractivity contribution >= 4 is 11.3 Å². The van der Waals surface area contributed by atoms with Crippen molar-refractivity contribution < 1.29 is 9.15 Å². The Labute approximate surface area is 141 Å². The van der Waals surface area contributed by atoms with Gasteiger partial charge in [-0.2, -0.15) is 0 Å². The zero-order chi connectivity index (χ0) is 16.1. The summed E-state index contributed by atoms with van der Waals surface area (Å²) in [6.07, 6.45) is 5.15. The molecule has 1 aliphatic rings. The maximum absolute atomic E-state index is 5.84. The van der Waals surface area contributed by atoms with E-state index in [-0.39, 0.29) is 0 Å². The van der Waals surface area contributed by atoms with E-state index in [2.05, 4.69) is 28.9 Å². The molecule has 2 aromatic heterocycles. The van der Waals surface area contributed by atoms with E-state index >= 15 is 0 Å². The largest absolute Gasteiger partial charge is 0.419 e. The summed E-state index contributed by atoms with van der Waals surface area (Å²) in [5.41, 5.74) is 0. The molecule has 2 aromatic rings. The summed E-state index contributed by atoms with van der Waals surface area (Å²) in [6.45, 7) is 6.84. The lowest BCUT2D eigenvalue weighted by atomic mass is 10.00. The first kappa shape index (κ1) is 16.6. The highest BCUT2D eigenvalue weighted by Gasteiger charge is 2.24. The Hall–Kier alpha value is -1.24. The molecule has 0 spiro atoms. The fourth-order valence-corrected chi connectivity index (χ4v) is 3.67. The van der Waals surface area contributed by atoms with Crippen LogP contribution in [0, 0.1) is 0 Å². The third-order valence-corrected chi connectivity index (χ3v) is 5.05. The molecule has 6 heteroatoms. The minimum absolute atomic E-state index is 0.302. The fraction of sp³-hybridized carbons (Fsp3) is 0.647. The number of nitrogens with zero attached hydrogens (tertiary/aromatic N) is 3. The van der Waals surface area contributed by atoms with Crippen LogP contribution >= 0.6 is 11.3 Å². The number of likely N-dealkylation sites (tertiary alicyclic amines) is 1. The van der Waals surface area contributed by atoms with Gasteiger partial charge in [0.15, 0.2) is 0 Å². The van der Waals surface area contributed by atoms with Crippen LogP contribution in [0.15, 0.2) is 21.9 Å². The van der Waals surface area contributed by atoms with E-state index in [1.54, 1.807) is 11.3 Å². The molecule has 0 amide bonds. The normalized spacial score (nSPS) is 19.5. The SMILES string of the molecule is CC(C)OCC[C@@H]1CCCCN1Cc1nnc(-c2cccs2)o1. The third-order valence-electron chi connectivity index (χ3n) is 4.19. The van der Waals surface area contributed by atoms with Gasteiger partial charge in [0.1, 0.15) is 0 Å². The number of piperidine rings is 1. The van der Waals surface area contributed by atoms with Crippen LogP contribution in [0.3, 0.4) is 0 Å². The first-order chi connectivity index (χ1) is 11.2. The number of hydrogen-bond donors (Lipinski definition) is 0. The summed E-state index contributed by atoms with van der Waals surface area (Å²) in [5.74, 6) is 1.34. The molecule has 23 heavy (non-hydrogen) atoms. The van der Waals surface area contributed by atoms with E-state index in [0.717, 1.165) is 31.0 Å². The smallest absolute Gasteiger partial charge is 0.257 e. The van der Waals surface area contributed by atoms with E-state index in [1.807, 2.05) is 17.5 Å². The predicted molar refractivity (Wildman–Crippen MR) is 91.4 cm³/mol. The maximum atomic E-state index is 5.84. The van der Waals surface area contributed by atoms with Gasteiger partial charge in [0.2, 0.25) is 5.89 Å². The quantitative estimate of drug-likeness (QED) is 0.766. The summed E-state index contributed by atoms with van der Waals surface area (Å²) in [7, 11) is 0. The van der Waals surface area contributed by atoms with Crippen molar-refractivity contribution in [3.05, 3.63) is 23.4 Å². The molecule has 0 bridgehead atoms. The monoisotopic (exact) mass is 335 g/mol. The van der Waals surface area contributed by atoms with Crippen LogP contribution in [0.5, 0.6) is 0 Å². The molecule has 0 unspecified atom stereocenters. The molecule has 1 saturated heterocycles. The Balaban J connectivity index is 1.58. The molecule has 3 rings (SSSR count). The summed E-state index contributed by atoms with van der Waals surface area (Å²) >= 11 is 1.62. The molecule has 0 radical (unpaired) electrons. The third kappa shape index (κ3) is 4.62. The molecular formula is C17H25N3O2S. The Morgan fingerprint density at radius 2 is 2.30 bits per heavy atom. The van der Waals surface area contributed by atoms with Crippen molar-refractivity contribution in [2.24, 2.45) is 0 Å². The molecule has 3 heterocycles. The molecule has 0 N–H and O–H groups in total. The Morgan fingerprint density at radius 1 is 1.39 bits per heavy atom. The van der Waals surface area contributed by atoms with Gasteiger partial charge in [0, 0.05) is 12.6 Å². The summed E-state index contributed by atoms with van der Waals surface area (Å²) in [5, 5.41) is 10.4. The number of ether oxygens (including phenoxy) is 1. The van der Waals surface area contributed by atoms with Crippen LogP contribution in [0.1, 0.15) is 45.4 Å². The number of thiophene rings is 1. The second kappa shape index (κ2) is 8.04. The van der Waals surface area contributed by atoms with Crippen LogP contribution in [0.4, 0.5) is 0 Å². The Morgan fingerprint density at radius 3 is 3.09 bits per heavy atom. The summed E-state index contributed by atoms with van der Waals surface area (Å²) in [6, 6.07) is 4.56. The number of aromatic nitrogens is 2. The van der Waals surface area contributed by atoms with Crippen LogP contribution in [0.2, 0.25) is 0 Å². The van der Waals surface area contributed by atoms with Crippen molar-refractivity contribution in [3.63, 3.8) is 0 Å². The van der Waals surface area contributed by atoms with Crippen molar-refractivity contribution in [2.75, 3.05) is 13.2 Å². The maximum Gasteiger partial charge on any atom is 0.257 e. The van der Waals surface area contributed by atoms with Gasteiger partial charge in [-0.1, -0.05) is 12.5 Å². The first-order valence-electron chi connectivity index (χ1n) is 8.44. The average molecular weight is 335 g/mol. The van der Waals surface area contributed by atoms with E-state index < -0.39 is 0 Å². The van der Waals surface area contributed by atoms with Crippen molar-refractivity contribution in [3.8, 4) is 10.8 Å². The van der Waals surface area contributed by atoms with Gasteiger partial charge >= 0.3 is 0 Å².